The minimum Gasteiger partial charge on any atom is -0.460 e. The van der Waals surface area contributed by atoms with Crippen molar-refractivity contribution < 1.29 is 27.8 Å². The summed E-state index contributed by atoms with van der Waals surface area (Å²) in [6.07, 6.45) is -0.628. The third-order valence-electron chi connectivity index (χ3n) is 4.54. The van der Waals surface area contributed by atoms with Crippen molar-refractivity contribution in [1.29, 1.82) is 0 Å². The SMILES string of the molecule is O=C(Cc1ccc(F)cc1)OCc1cc(F)cc2c1O[C@H](c1ccccc1)OC2. The Labute approximate surface area is 166 Å². The predicted molar refractivity (Wildman–Crippen MR) is 101 cm³/mol. The van der Waals surface area contributed by atoms with Crippen LogP contribution in [0.2, 0.25) is 0 Å². The molecule has 6 heteroatoms. The van der Waals surface area contributed by atoms with Crippen LogP contribution in [0.25, 0.3) is 0 Å². The summed E-state index contributed by atoms with van der Waals surface area (Å²) in [7, 11) is 0. The lowest BCUT2D eigenvalue weighted by Gasteiger charge is -2.28. The van der Waals surface area contributed by atoms with Crippen LogP contribution in [0.3, 0.4) is 0 Å². The van der Waals surface area contributed by atoms with Crippen LogP contribution >= 0.6 is 0 Å². The number of halogens is 2. The van der Waals surface area contributed by atoms with Gasteiger partial charge in [0.1, 0.15) is 24.0 Å². The third kappa shape index (κ3) is 4.60. The predicted octanol–water partition coefficient (Wildman–Crippen LogP) is 4.86. The maximum atomic E-state index is 14.0. The van der Waals surface area contributed by atoms with E-state index in [4.69, 9.17) is 14.2 Å². The summed E-state index contributed by atoms with van der Waals surface area (Å²) >= 11 is 0. The summed E-state index contributed by atoms with van der Waals surface area (Å²) in [6, 6.07) is 17.6. The molecule has 0 N–H and O–H groups in total. The van der Waals surface area contributed by atoms with Crippen molar-refractivity contribution in [2.75, 3.05) is 0 Å². The Hall–Kier alpha value is -3.25. The first kappa shape index (κ1) is 19.1. The number of hydrogen-bond acceptors (Lipinski definition) is 4. The number of benzene rings is 3. The molecular formula is C23H18F2O4. The smallest absolute Gasteiger partial charge is 0.310 e. The molecule has 0 spiro atoms. The molecule has 1 aliphatic heterocycles. The second-order valence-electron chi connectivity index (χ2n) is 6.69. The van der Waals surface area contributed by atoms with Crippen molar-refractivity contribution in [2.45, 2.75) is 25.9 Å². The van der Waals surface area contributed by atoms with Crippen LogP contribution < -0.4 is 4.74 Å². The lowest BCUT2D eigenvalue weighted by molar-refractivity contribution is -0.144. The highest BCUT2D eigenvalue weighted by Crippen LogP contribution is 2.36. The maximum Gasteiger partial charge on any atom is 0.310 e. The molecule has 3 aromatic rings. The molecule has 0 saturated heterocycles. The van der Waals surface area contributed by atoms with Gasteiger partial charge in [0.15, 0.2) is 0 Å². The lowest BCUT2D eigenvalue weighted by atomic mass is 10.1. The van der Waals surface area contributed by atoms with Gasteiger partial charge in [0.05, 0.1) is 13.0 Å². The molecule has 1 heterocycles. The summed E-state index contributed by atoms with van der Waals surface area (Å²) in [4.78, 5) is 12.1. The number of fused-ring (bicyclic) bond motifs is 1. The lowest BCUT2D eigenvalue weighted by Crippen LogP contribution is -2.20. The van der Waals surface area contributed by atoms with Gasteiger partial charge < -0.3 is 14.2 Å². The second kappa shape index (κ2) is 8.41. The second-order valence-corrected chi connectivity index (χ2v) is 6.69. The molecule has 0 aromatic heterocycles. The van der Waals surface area contributed by atoms with E-state index in [1.54, 1.807) is 0 Å². The first-order chi connectivity index (χ1) is 14.1. The van der Waals surface area contributed by atoms with Gasteiger partial charge in [0.2, 0.25) is 6.29 Å². The zero-order valence-electron chi connectivity index (χ0n) is 15.4. The Morgan fingerprint density at radius 2 is 1.76 bits per heavy atom. The minimum absolute atomic E-state index is 0.00556. The number of ether oxygens (including phenoxy) is 3. The number of esters is 1. The topological polar surface area (TPSA) is 44.8 Å². The molecule has 4 rings (SSSR count). The van der Waals surface area contributed by atoms with Gasteiger partial charge >= 0.3 is 5.97 Å². The summed E-state index contributed by atoms with van der Waals surface area (Å²) in [6.45, 7) is 0.0464. The van der Waals surface area contributed by atoms with Crippen molar-refractivity contribution in [1.82, 2.24) is 0 Å². The van der Waals surface area contributed by atoms with Gasteiger partial charge in [0.25, 0.3) is 0 Å². The molecule has 29 heavy (non-hydrogen) atoms. The number of hydrogen-bond donors (Lipinski definition) is 0. The standard InChI is InChI=1S/C23H18F2O4/c24-19-8-6-15(7-9-19)10-21(26)27-13-17-11-20(25)12-18-14-28-23(29-22(17)18)16-4-2-1-3-5-16/h1-9,11-12,23H,10,13-14H2/t23-/m1/s1. The van der Waals surface area contributed by atoms with Crippen LogP contribution in [0, 0.1) is 11.6 Å². The molecule has 0 radical (unpaired) electrons. The summed E-state index contributed by atoms with van der Waals surface area (Å²) in [5, 5.41) is 0. The molecule has 0 bridgehead atoms. The van der Waals surface area contributed by atoms with Crippen molar-refractivity contribution >= 4 is 5.97 Å². The van der Waals surface area contributed by atoms with Crippen molar-refractivity contribution in [3.05, 3.63) is 101 Å². The van der Waals surface area contributed by atoms with Crippen LogP contribution in [0.15, 0.2) is 66.7 Å². The molecule has 148 valence electrons. The van der Waals surface area contributed by atoms with Gasteiger partial charge in [-0.25, -0.2) is 8.78 Å². The highest BCUT2D eigenvalue weighted by Gasteiger charge is 2.25. The Kier molecular flexibility index (Phi) is 5.53. The van der Waals surface area contributed by atoms with E-state index in [0.29, 0.717) is 22.4 Å². The van der Waals surface area contributed by atoms with E-state index >= 15 is 0 Å². The molecule has 0 amide bonds. The minimum atomic E-state index is -0.622. The zero-order valence-corrected chi connectivity index (χ0v) is 15.4. The molecular weight excluding hydrogens is 378 g/mol. The highest BCUT2D eigenvalue weighted by molar-refractivity contribution is 5.72. The Morgan fingerprint density at radius 3 is 2.52 bits per heavy atom. The maximum absolute atomic E-state index is 14.0. The fourth-order valence-corrected chi connectivity index (χ4v) is 3.14. The third-order valence-corrected chi connectivity index (χ3v) is 4.54. The van der Waals surface area contributed by atoms with E-state index in [9.17, 15) is 13.6 Å². The molecule has 0 aliphatic carbocycles. The van der Waals surface area contributed by atoms with E-state index < -0.39 is 18.1 Å². The van der Waals surface area contributed by atoms with Crippen LogP contribution in [-0.2, 0) is 33.9 Å². The van der Waals surface area contributed by atoms with Gasteiger partial charge in [0, 0.05) is 16.7 Å². The number of carbonyl (C=O) groups excluding carboxylic acids is 1. The van der Waals surface area contributed by atoms with E-state index in [2.05, 4.69) is 0 Å². The van der Waals surface area contributed by atoms with Gasteiger partial charge in [-0.05, 0) is 29.8 Å². The fourth-order valence-electron chi connectivity index (χ4n) is 3.14. The van der Waals surface area contributed by atoms with E-state index in [-0.39, 0.29) is 25.5 Å². The van der Waals surface area contributed by atoms with Crippen LogP contribution in [0.1, 0.15) is 28.5 Å². The first-order valence-electron chi connectivity index (χ1n) is 9.13. The van der Waals surface area contributed by atoms with Gasteiger partial charge in [-0.2, -0.15) is 0 Å². The average Bonchev–Trinajstić information content (AvgIpc) is 2.74. The van der Waals surface area contributed by atoms with E-state index in [1.165, 1.54) is 36.4 Å². The first-order valence-corrected chi connectivity index (χ1v) is 9.13. The fraction of sp³-hybridized carbons (Fsp3) is 0.174. The number of carbonyl (C=O) groups is 1. The van der Waals surface area contributed by atoms with Crippen LogP contribution in [0.4, 0.5) is 8.78 Å². The normalized spacial score (nSPS) is 15.3. The Bertz CT molecular complexity index is 1000. The summed E-state index contributed by atoms with van der Waals surface area (Å²) in [5.74, 6) is -0.873. The zero-order chi connectivity index (χ0) is 20.2. The highest BCUT2D eigenvalue weighted by atomic mass is 19.1. The van der Waals surface area contributed by atoms with Crippen molar-refractivity contribution in [2.24, 2.45) is 0 Å². The van der Waals surface area contributed by atoms with Crippen LogP contribution in [0.5, 0.6) is 5.75 Å². The van der Waals surface area contributed by atoms with Gasteiger partial charge in [-0.3, -0.25) is 4.79 Å². The molecule has 1 atom stereocenters. The summed E-state index contributed by atoms with van der Waals surface area (Å²) in [5.41, 5.74) is 2.45. The molecule has 0 unspecified atom stereocenters. The quantitative estimate of drug-likeness (QED) is 0.578. The Balaban J connectivity index is 1.47. The Morgan fingerprint density at radius 1 is 1.00 bits per heavy atom. The molecule has 4 nitrogen and oxygen atoms in total. The van der Waals surface area contributed by atoms with E-state index in [1.807, 2.05) is 30.3 Å². The average molecular weight is 396 g/mol. The van der Waals surface area contributed by atoms with E-state index in [0.717, 1.165) is 5.56 Å². The van der Waals surface area contributed by atoms with Gasteiger partial charge in [-0.1, -0.05) is 42.5 Å². The molecule has 1 aliphatic rings. The monoisotopic (exact) mass is 396 g/mol. The van der Waals surface area contributed by atoms with Crippen LogP contribution in [-0.4, -0.2) is 5.97 Å². The summed E-state index contributed by atoms with van der Waals surface area (Å²) < 4.78 is 43.9. The van der Waals surface area contributed by atoms with Crippen molar-refractivity contribution in [3.63, 3.8) is 0 Å². The largest absolute Gasteiger partial charge is 0.460 e. The molecule has 0 saturated carbocycles. The molecule has 0 fully saturated rings. The molecule has 3 aromatic carbocycles. The van der Waals surface area contributed by atoms with Gasteiger partial charge in [-0.15, -0.1) is 0 Å². The number of rotatable bonds is 5. The van der Waals surface area contributed by atoms with Crippen molar-refractivity contribution in [3.8, 4) is 5.75 Å².